The zero-order chi connectivity index (χ0) is 18.5. The summed E-state index contributed by atoms with van der Waals surface area (Å²) in [5, 5.41) is 3.35. The van der Waals surface area contributed by atoms with Crippen LogP contribution in [0.3, 0.4) is 0 Å². The molecule has 0 radical (unpaired) electrons. The van der Waals surface area contributed by atoms with Crippen molar-refractivity contribution in [1.29, 1.82) is 0 Å². The van der Waals surface area contributed by atoms with E-state index in [0.717, 1.165) is 49.3 Å². The van der Waals surface area contributed by atoms with Gasteiger partial charge < -0.3 is 24.3 Å². The second-order valence-electron chi connectivity index (χ2n) is 6.32. The highest BCUT2D eigenvalue weighted by atomic mass is 16.5. The van der Waals surface area contributed by atoms with Gasteiger partial charge in [-0.15, -0.1) is 0 Å². The van der Waals surface area contributed by atoms with Crippen LogP contribution in [-0.4, -0.2) is 56.2 Å². The fourth-order valence-corrected chi connectivity index (χ4v) is 3.07. The number of hydrogen-bond donors (Lipinski definition) is 1. The summed E-state index contributed by atoms with van der Waals surface area (Å²) < 4.78 is 10.9. The molecule has 0 atom stereocenters. The molecule has 0 spiro atoms. The number of anilines is 1. The summed E-state index contributed by atoms with van der Waals surface area (Å²) in [6, 6.07) is 8.22. The van der Waals surface area contributed by atoms with E-state index in [1.807, 2.05) is 33.0 Å². The summed E-state index contributed by atoms with van der Waals surface area (Å²) >= 11 is 0. The first-order chi connectivity index (χ1) is 12.6. The molecule has 7 heteroatoms. The molecule has 2 aromatic rings. The first kappa shape index (κ1) is 18.1. The lowest BCUT2D eigenvalue weighted by molar-refractivity contribution is 0.368. The van der Waals surface area contributed by atoms with Crippen LogP contribution in [0.15, 0.2) is 33.7 Å². The minimum Gasteiger partial charge on any atom is -0.497 e. The van der Waals surface area contributed by atoms with E-state index in [0.29, 0.717) is 12.4 Å². The van der Waals surface area contributed by atoms with E-state index >= 15 is 0 Å². The Balaban J connectivity index is 1.53. The van der Waals surface area contributed by atoms with Crippen LogP contribution in [0.25, 0.3) is 0 Å². The molecule has 1 aromatic carbocycles. The van der Waals surface area contributed by atoms with Gasteiger partial charge in [-0.25, -0.2) is 4.98 Å². The van der Waals surface area contributed by atoms with Gasteiger partial charge in [0.15, 0.2) is 5.96 Å². The zero-order valence-electron chi connectivity index (χ0n) is 16.0. The maximum Gasteiger partial charge on any atom is 0.214 e. The average molecular weight is 357 g/mol. The lowest BCUT2D eigenvalue weighted by atomic mass is 10.2. The van der Waals surface area contributed by atoms with E-state index in [4.69, 9.17) is 9.15 Å². The highest BCUT2D eigenvalue weighted by Gasteiger charge is 2.20. The number of aryl methyl sites for hydroxylation is 2. The molecule has 1 saturated heterocycles. The van der Waals surface area contributed by atoms with Crippen LogP contribution in [0.5, 0.6) is 5.75 Å². The lowest BCUT2D eigenvalue weighted by Gasteiger charge is -2.37. The number of rotatable bonds is 4. The molecule has 2 heterocycles. The Hall–Kier alpha value is -2.70. The zero-order valence-corrected chi connectivity index (χ0v) is 16.0. The van der Waals surface area contributed by atoms with Crippen molar-refractivity contribution in [2.24, 2.45) is 4.99 Å². The molecule has 1 fully saturated rings. The quantitative estimate of drug-likeness (QED) is 0.668. The predicted molar refractivity (Wildman–Crippen MR) is 103 cm³/mol. The number of hydrogen-bond acceptors (Lipinski definition) is 5. The van der Waals surface area contributed by atoms with Crippen molar-refractivity contribution in [3.8, 4) is 5.75 Å². The molecule has 0 saturated carbocycles. The molecule has 1 N–H and O–H groups in total. The van der Waals surface area contributed by atoms with Gasteiger partial charge in [0.2, 0.25) is 5.89 Å². The topological polar surface area (TPSA) is 66.1 Å². The van der Waals surface area contributed by atoms with Crippen molar-refractivity contribution < 1.29 is 9.15 Å². The first-order valence-corrected chi connectivity index (χ1v) is 8.88. The molecule has 0 aliphatic carbocycles. The van der Waals surface area contributed by atoms with E-state index in [1.54, 1.807) is 7.11 Å². The number of guanidine groups is 1. The van der Waals surface area contributed by atoms with Crippen molar-refractivity contribution in [1.82, 2.24) is 15.2 Å². The number of nitrogens with one attached hydrogen (secondary N) is 1. The normalized spacial score (nSPS) is 15.3. The molecular formula is C19H27N5O2. The summed E-state index contributed by atoms with van der Waals surface area (Å²) in [6.07, 6.45) is 0. The SMILES string of the molecule is CN=C(NCc1nc(C)c(C)o1)N1CCN(c2ccc(OC)cc2)CC1. The smallest absolute Gasteiger partial charge is 0.214 e. The van der Waals surface area contributed by atoms with Gasteiger partial charge in [-0.3, -0.25) is 4.99 Å². The standard InChI is InChI=1S/C19H27N5O2/c1-14-15(2)26-18(22-14)13-21-19(20-3)24-11-9-23(10-12-24)16-5-7-17(25-4)8-6-16/h5-8H,9-13H2,1-4H3,(H,20,21). The molecule has 7 nitrogen and oxygen atoms in total. The van der Waals surface area contributed by atoms with Gasteiger partial charge >= 0.3 is 0 Å². The van der Waals surface area contributed by atoms with Crippen LogP contribution >= 0.6 is 0 Å². The number of ether oxygens (including phenoxy) is 1. The van der Waals surface area contributed by atoms with Gasteiger partial charge in [-0.05, 0) is 38.1 Å². The number of piperazine rings is 1. The Bertz CT molecular complexity index is 726. The first-order valence-electron chi connectivity index (χ1n) is 8.88. The van der Waals surface area contributed by atoms with Crippen molar-refractivity contribution in [3.63, 3.8) is 0 Å². The molecule has 1 aromatic heterocycles. The van der Waals surface area contributed by atoms with Gasteiger partial charge in [0, 0.05) is 38.9 Å². The third-order valence-corrected chi connectivity index (χ3v) is 4.70. The Morgan fingerprint density at radius 3 is 2.42 bits per heavy atom. The highest BCUT2D eigenvalue weighted by molar-refractivity contribution is 5.80. The van der Waals surface area contributed by atoms with Crippen LogP contribution < -0.4 is 15.0 Å². The number of nitrogens with zero attached hydrogens (tertiary/aromatic N) is 4. The number of aromatic nitrogens is 1. The summed E-state index contributed by atoms with van der Waals surface area (Å²) in [4.78, 5) is 13.5. The second kappa shape index (κ2) is 8.12. The molecule has 1 aliphatic heterocycles. The summed E-state index contributed by atoms with van der Waals surface area (Å²) in [6.45, 7) is 8.15. The Kier molecular flexibility index (Phi) is 5.65. The maximum absolute atomic E-state index is 5.62. The van der Waals surface area contributed by atoms with Crippen LogP contribution in [0.2, 0.25) is 0 Å². The molecular weight excluding hydrogens is 330 g/mol. The Morgan fingerprint density at radius 1 is 1.19 bits per heavy atom. The van der Waals surface area contributed by atoms with Crippen molar-refractivity contribution in [2.45, 2.75) is 20.4 Å². The molecule has 0 bridgehead atoms. The third-order valence-electron chi connectivity index (χ3n) is 4.70. The molecule has 3 rings (SSSR count). The molecule has 0 amide bonds. The monoisotopic (exact) mass is 357 g/mol. The number of aliphatic imine (C=N–C) groups is 1. The van der Waals surface area contributed by atoms with E-state index in [2.05, 4.69) is 37.2 Å². The van der Waals surface area contributed by atoms with Gasteiger partial charge in [0.05, 0.1) is 19.3 Å². The van der Waals surface area contributed by atoms with Gasteiger partial charge in [-0.1, -0.05) is 0 Å². The lowest BCUT2D eigenvalue weighted by Crippen LogP contribution is -2.52. The van der Waals surface area contributed by atoms with Crippen molar-refractivity contribution >= 4 is 11.6 Å². The fraction of sp³-hybridized carbons (Fsp3) is 0.474. The molecule has 0 unspecified atom stereocenters. The Labute approximate surface area is 154 Å². The minimum atomic E-state index is 0.542. The van der Waals surface area contributed by atoms with Crippen LogP contribution in [0.4, 0.5) is 5.69 Å². The number of methoxy groups -OCH3 is 1. The summed E-state index contributed by atoms with van der Waals surface area (Å²) in [7, 11) is 3.50. The van der Waals surface area contributed by atoms with E-state index < -0.39 is 0 Å². The predicted octanol–water partition coefficient (Wildman–Crippen LogP) is 2.20. The number of oxazole rings is 1. The fourth-order valence-electron chi connectivity index (χ4n) is 3.07. The molecule has 140 valence electrons. The van der Waals surface area contributed by atoms with Crippen LogP contribution in [0.1, 0.15) is 17.3 Å². The maximum atomic E-state index is 5.62. The Morgan fingerprint density at radius 2 is 1.88 bits per heavy atom. The van der Waals surface area contributed by atoms with Gasteiger partial charge in [0.1, 0.15) is 11.5 Å². The molecule has 1 aliphatic rings. The van der Waals surface area contributed by atoms with Gasteiger partial charge in [0.25, 0.3) is 0 Å². The van der Waals surface area contributed by atoms with E-state index in [1.165, 1.54) is 5.69 Å². The van der Waals surface area contributed by atoms with Gasteiger partial charge in [-0.2, -0.15) is 0 Å². The third kappa shape index (κ3) is 4.09. The van der Waals surface area contributed by atoms with E-state index in [9.17, 15) is 0 Å². The van der Waals surface area contributed by atoms with Crippen molar-refractivity contribution in [3.05, 3.63) is 41.6 Å². The van der Waals surface area contributed by atoms with Crippen LogP contribution in [0, 0.1) is 13.8 Å². The van der Waals surface area contributed by atoms with E-state index in [-0.39, 0.29) is 0 Å². The van der Waals surface area contributed by atoms with Crippen LogP contribution in [-0.2, 0) is 6.54 Å². The largest absolute Gasteiger partial charge is 0.497 e. The summed E-state index contributed by atoms with van der Waals surface area (Å²) in [5.41, 5.74) is 2.16. The minimum absolute atomic E-state index is 0.542. The molecule has 26 heavy (non-hydrogen) atoms. The second-order valence-corrected chi connectivity index (χ2v) is 6.32. The highest BCUT2D eigenvalue weighted by Crippen LogP contribution is 2.20. The summed E-state index contributed by atoms with van der Waals surface area (Å²) in [5.74, 6) is 3.32. The number of benzene rings is 1. The van der Waals surface area contributed by atoms with Crippen molar-refractivity contribution in [2.75, 3.05) is 45.2 Å². The average Bonchev–Trinajstić information content (AvgIpc) is 3.00.